The summed E-state index contributed by atoms with van der Waals surface area (Å²) in [5, 5.41) is 0. The molecule has 1 rings (SSSR count). The molecule has 0 saturated carbocycles. The molecule has 1 unspecified atom stereocenters. The van der Waals surface area contributed by atoms with Gasteiger partial charge in [-0.25, -0.2) is 0 Å². The Morgan fingerprint density at radius 2 is 1.53 bits per heavy atom. The fraction of sp³-hybridized carbons (Fsp3) is 0.571. The fourth-order valence-corrected chi connectivity index (χ4v) is 1.95. The average Bonchev–Trinajstić information content (AvgIpc) is 2.45. The second-order valence-electron chi connectivity index (χ2n) is 4.19. The molecule has 0 heterocycles. The van der Waals surface area contributed by atoms with Gasteiger partial charge in [-0.05, 0) is 18.9 Å². The minimum atomic E-state index is -0.120. The molecule has 0 spiro atoms. The molecule has 0 bridgehead atoms. The number of methoxy groups -OCH3 is 4. The van der Waals surface area contributed by atoms with Crippen molar-refractivity contribution in [2.75, 3.05) is 35.0 Å². The first-order chi connectivity index (χ1) is 9.17. The smallest absolute Gasteiger partial charge is 0.164 e. The third kappa shape index (κ3) is 4.01. The molecule has 0 aromatic heterocycles. The van der Waals surface area contributed by atoms with Crippen LogP contribution in [0.25, 0.3) is 0 Å². The van der Waals surface area contributed by atoms with Crippen molar-refractivity contribution < 1.29 is 18.9 Å². The first-order valence-corrected chi connectivity index (χ1v) is 6.22. The van der Waals surface area contributed by atoms with E-state index >= 15 is 0 Å². The van der Waals surface area contributed by atoms with E-state index in [9.17, 15) is 0 Å². The largest absolute Gasteiger partial charge is 0.496 e. The Bertz CT molecular complexity index is 395. The van der Waals surface area contributed by atoms with Crippen molar-refractivity contribution >= 4 is 0 Å². The molecule has 0 aliphatic carbocycles. The summed E-state index contributed by atoms with van der Waals surface area (Å²) in [5.41, 5.74) is 7.11. The minimum absolute atomic E-state index is 0.120. The van der Waals surface area contributed by atoms with Crippen molar-refractivity contribution in [1.29, 1.82) is 0 Å². The summed E-state index contributed by atoms with van der Waals surface area (Å²) in [6.07, 6.45) is 1.72. The van der Waals surface area contributed by atoms with Crippen LogP contribution in [0.1, 0.15) is 24.4 Å². The molecule has 2 N–H and O–H groups in total. The lowest BCUT2D eigenvalue weighted by Gasteiger charge is -2.18. The summed E-state index contributed by atoms with van der Waals surface area (Å²) in [4.78, 5) is 0. The van der Waals surface area contributed by atoms with E-state index in [2.05, 4.69) is 0 Å². The third-order valence-electron chi connectivity index (χ3n) is 3.00. The number of hydrogen-bond donors (Lipinski definition) is 1. The third-order valence-corrected chi connectivity index (χ3v) is 3.00. The SMILES string of the molecule is COCCCC(N)c1cc(OC)c(OC)cc1OC. The summed E-state index contributed by atoms with van der Waals surface area (Å²) in [6, 6.07) is 3.55. The molecule has 1 aromatic carbocycles. The topological polar surface area (TPSA) is 62.9 Å². The van der Waals surface area contributed by atoms with Gasteiger partial charge in [0.15, 0.2) is 11.5 Å². The minimum Gasteiger partial charge on any atom is -0.496 e. The van der Waals surface area contributed by atoms with Crippen molar-refractivity contribution in [3.05, 3.63) is 17.7 Å². The number of nitrogens with two attached hydrogens (primary N) is 1. The molecule has 0 aliphatic rings. The zero-order valence-corrected chi connectivity index (χ0v) is 12.1. The van der Waals surface area contributed by atoms with Crippen LogP contribution in [0.2, 0.25) is 0 Å². The van der Waals surface area contributed by atoms with Crippen molar-refractivity contribution in [2.45, 2.75) is 18.9 Å². The van der Waals surface area contributed by atoms with Crippen molar-refractivity contribution in [3.63, 3.8) is 0 Å². The van der Waals surface area contributed by atoms with E-state index in [1.54, 1.807) is 34.5 Å². The Morgan fingerprint density at radius 3 is 2.05 bits per heavy atom. The van der Waals surface area contributed by atoms with Crippen LogP contribution in [0.5, 0.6) is 17.2 Å². The second kappa shape index (κ2) is 7.86. The van der Waals surface area contributed by atoms with Crippen molar-refractivity contribution in [3.8, 4) is 17.2 Å². The van der Waals surface area contributed by atoms with Gasteiger partial charge in [0.2, 0.25) is 0 Å². The molecular formula is C14H23NO4. The summed E-state index contributed by atoms with van der Waals surface area (Å²) in [7, 11) is 6.50. The first kappa shape index (κ1) is 15.6. The summed E-state index contributed by atoms with van der Waals surface area (Å²) < 4.78 is 20.9. The van der Waals surface area contributed by atoms with Gasteiger partial charge in [0.05, 0.1) is 21.3 Å². The maximum Gasteiger partial charge on any atom is 0.164 e. The van der Waals surface area contributed by atoms with Gasteiger partial charge in [0.25, 0.3) is 0 Å². The fourth-order valence-electron chi connectivity index (χ4n) is 1.95. The molecule has 0 aliphatic heterocycles. The quantitative estimate of drug-likeness (QED) is 0.733. The number of ether oxygens (including phenoxy) is 4. The highest BCUT2D eigenvalue weighted by molar-refractivity contribution is 5.51. The Balaban J connectivity index is 2.97. The number of hydrogen-bond acceptors (Lipinski definition) is 5. The highest BCUT2D eigenvalue weighted by Crippen LogP contribution is 2.37. The van der Waals surface area contributed by atoms with E-state index in [0.29, 0.717) is 23.9 Å². The Hall–Kier alpha value is -1.46. The van der Waals surface area contributed by atoms with Crippen LogP contribution in [-0.4, -0.2) is 35.0 Å². The molecule has 0 radical (unpaired) electrons. The van der Waals surface area contributed by atoms with E-state index in [4.69, 9.17) is 24.7 Å². The lowest BCUT2D eigenvalue weighted by molar-refractivity contribution is 0.190. The lowest BCUT2D eigenvalue weighted by atomic mass is 10.0. The van der Waals surface area contributed by atoms with Gasteiger partial charge in [-0.1, -0.05) is 0 Å². The maximum absolute atomic E-state index is 6.20. The van der Waals surface area contributed by atoms with E-state index in [1.807, 2.05) is 6.07 Å². The first-order valence-electron chi connectivity index (χ1n) is 6.22. The highest BCUT2D eigenvalue weighted by Gasteiger charge is 2.16. The zero-order valence-electron chi connectivity index (χ0n) is 12.1. The standard InChI is InChI=1S/C14H23NO4/c1-16-7-5-6-11(15)10-8-13(18-3)14(19-4)9-12(10)17-2/h8-9,11H,5-7,15H2,1-4H3. The van der Waals surface area contributed by atoms with E-state index < -0.39 is 0 Å². The molecule has 5 nitrogen and oxygen atoms in total. The molecule has 108 valence electrons. The van der Waals surface area contributed by atoms with Crippen LogP contribution in [0.4, 0.5) is 0 Å². The van der Waals surface area contributed by atoms with Crippen molar-refractivity contribution in [1.82, 2.24) is 0 Å². The van der Waals surface area contributed by atoms with Crippen LogP contribution in [0.15, 0.2) is 12.1 Å². The lowest BCUT2D eigenvalue weighted by Crippen LogP contribution is -2.13. The molecule has 0 fully saturated rings. The molecule has 0 saturated heterocycles. The molecular weight excluding hydrogens is 246 g/mol. The summed E-state index contributed by atoms with van der Waals surface area (Å²) in [6.45, 7) is 0.698. The van der Waals surface area contributed by atoms with Gasteiger partial charge in [-0.15, -0.1) is 0 Å². The van der Waals surface area contributed by atoms with Gasteiger partial charge >= 0.3 is 0 Å². The van der Waals surface area contributed by atoms with Crippen LogP contribution in [0, 0.1) is 0 Å². The van der Waals surface area contributed by atoms with Crippen molar-refractivity contribution in [2.24, 2.45) is 5.73 Å². The van der Waals surface area contributed by atoms with Crippen LogP contribution >= 0.6 is 0 Å². The van der Waals surface area contributed by atoms with E-state index in [-0.39, 0.29) is 6.04 Å². The van der Waals surface area contributed by atoms with Gasteiger partial charge in [-0.2, -0.15) is 0 Å². The second-order valence-corrected chi connectivity index (χ2v) is 4.19. The van der Waals surface area contributed by atoms with Crippen LogP contribution < -0.4 is 19.9 Å². The van der Waals surface area contributed by atoms with Crippen LogP contribution in [-0.2, 0) is 4.74 Å². The van der Waals surface area contributed by atoms with Gasteiger partial charge in [0.1, 0.15) is 5.75 Å². The van der Waals surface area contributed by atoms with E-state index in [1.165, 1.54) is 0 Å². The normalized spacial score (nSPS) is 12.1. The van der Waals surface area contributed by atoms with Crippen LogP contribution in [0.3, 0.4) is 0 Å². The molecule has 1 aromatic rings. The highest BCUT2D eigenvalue weighted by atomic mass is 16.5. The predicted molar refractivity (Wildman–Crippen MR) is 74.1 cm³/mol. The van der Waals surface area contributed by atoms with Gasteiger partial charge < -0.3 is 24.7 Å². The number of rotatable bonds is 8. The molecule has 1 atom stereocenters. The summed E-state index contributed by atoms with van der Waals surface area (Å²) in [5.74, 6) is 2.00. The predicted octanol–water partition coefficient (Wildman–Crippen LogP) is 2.14. The monoisotopic (exact) mass is 269 g/mol. The summed E-state index contributed by atoms with van der Waals surface area (Å²) >= 11 is 0. The van der Waals surface area contributed by atoms with Gasteiger partial charge in [0, 0.05) is 31.4 Å². The Kier molecular flexibility index (Phi) is 6.45. The molecule has 5 heteroatoms. The van der Waals surface area contributed by atoms with Gasteiger partial charge in [-0.3, -0.25) is 0 Å². The Morgan fingerprint density at radius 1 is 0.947 bits per heavy atom. The number of benzene rings is 1. The maximum atomic E-state index is 6.20. The molecule has 19 heavy (non-hydrogen) atoms. The van der Waals surface area contributed by atoms with E-state index in [0.717, 1.165) is 18.4 Å². The Labute approximate surface area is 114 Å². The average molecular weight is 269 g/mol. The zero-order chi connectivity index (χ0) is 14.3. The molecule has 0 amide bonds.